The van der Waals surface area contributed by atoms with Crippen LogP contribution in [0.25, 0.3) is 11.4 Å². The van der Waals surface area contributed by atoms with Gasteiger partial charge in [-0.1, -0.05) is 37.7 Å². The molecule has 0 saturated carbocycles. The van der Waals surface area contributed by atoms with Gasteiger partial charge in [0.15, 0.2) is 0 Å². The van der Waals surface area contributed by atoms with Crippen LogP contribution in [0, 0.1) is 4.64 Å². The van der Waals surface area contributed by atoms with E-state index >= 15 is 0 Å². The molecule has 0 aliphatic heterocycles. The summed E-state index contributed by atoms with van der Waals surface area (Å²) in [6, 6.07) is 5.67. The highest BCUT2D eigenvalue weighted by atomic mass is 79.9. The normalized spacial score (nSPS) is 11.1. The molecule has 1 aromatic carbocycles. The molecule has 1 heterocycles. The molecule has 0 radical (unpaired) electrons. The van der Waals surface area contributed by atoms with E-state index in [0.29, 0.717) is 15.6 Å². The smallest absolute Gasteiger partial charge is 0.144 e. The lowest BCUT2D eigenvalue weighted by Gasteiger charge is -2.11. The molecule has 0 bridgehead atoms. The van der Waals surface area contributed by atoms with Crippen molar-refractivity contribution >= 4 is 55.7 Å². The topological polar surface area (TPSA) is 28.7 Å². The van der Waals surface area contributed by atoms with E-state index < -0.39 is 0 Å². The van der Waals surface area contributed by atoms with Crippen molar-refractivity contribution in [2.45, 2.75) is 19.8 Å². The summed E-state index contributed by atoms with van der Waals surface area (Å²) in [7, 11) is 0. The number of halogens is 3. The second-order valence-electron chi connectivity index (χ2n) is 4.40. The summed E-state index contributed by atoms with van der Waals surface area (Å²) in [5.74, 6) is 1.07. The number of benzene rings is 1. The van der Waals surface area contributed by atoms with Gasteiger partial charge in [-0.05, 0) is 56.0 Å². The van der Waals surface area contributed by atoms with E-state index in [2.05, 4.69) is 55.7 Å². The van der Waals surface area contributed by atoms with Gasteiger partial charge < -0.3 is 4.98 Å². The SMILES string of the molecule is CC(C)c1[nH]c(-c2ccc(Cl)c(Br)c2)nc(=S)c1Br. The van der Waals surface area contributed by atoms with E-state index in [-0.39, 0.29) is 0 Å². The lowest BCUT2D eigenvalue weighted by atomic mass is 10.1. The Balaban J connectivity index is 2.63. The summed E-state index contributed by atoms with van der Waals surface area (Å²) in [6.45, 7) is 4.21. The van der Waals surface area contributed by atoms with Crippen LogP contribution in [0.3, 0.4) is 0 Å². The molecule has 0 saturated heterocycles. The molecule has 0 unspecified atom stereocenters. The maximum atomic E-state index is 6.00. The zero-order valence-corrected chi connectivity index (χ0v) is 15.0. The average Bonchev–Trinajstić information content (AvgIpc) is 2.35. The number of aromatic amines is 1. The molecule has 100 valence electrons. The van der Waals surface area contributed by atoms with Gasteiger partial charge in [-0.25, -0.2) is 4.98 Å². The molecule has 2 aromatic rings. The van der Waals surface area contributed by atoms with Crippen molar-refractivity contribution in [1.82, 2.24) is 9.97 Å². The van der Waals surface area contributed by atoms with E-state index in [1.807, 2.05) is 18.2 Å². The minimum atomic E-state index is 0.327. The van der Waals surface area contributed by atoms with E-state index in [4.69, 9.17) is 23.8 Å². The molecule has 1 N–H and O–H groups in total. The molecular weight excluding hydrogens is 411 g/mol. The van der Waals surface area contributed by atoms with Gasteiger partial charge in [0.25, 0.3) is 0 Å². The van der Waals surface area contributed by atoms with Crippen LogP contribution in [0.15, 0.2) is 27.1 Å². The fraction of sp³-hybridized carbons (Fsp3) is 0.231. The van der Waals surface area contributed by atoms with Crippen molar-refractivity contribution < 1.29 is 0 Å². The van der Waals surface area contributed by atoms with Crippen LogP contribution in [0.2, 0.25) is 5.02 Å². The van der Waals surface area contributed by atoms with Gasteiger partial charge in [-0.15, -0.1) is 0 Å². The van der Waals surface area contributed by atoms with Crippen molar-refractivity contribution in [3.05, 3.63) is 42.5 Å². The maximum Gasteiger partial charge on any atom is 0.144 e. The highest BCUT2D eigenvalue weighted by Gasteiger charge is 2.11. The Morgan fingerprint density at radius 3 is 2.58 bits per heavy atom. The third-order valence-electron chi connectivity index (χ3n) is 2.66. The van der Waals surface area contributed by atoms with Gasteiger partial charge >= 0.3 is 0 Å². The summed E-state index contributed by atoms with van der Waals surface area (Å²) in [5.41, 5.74) is 1.98. The number of nitrogens with one attached hydrogen (secondary N) is 1. The van der Waals surface area contributed by atoms with E-state index in [1.165, 1.54) is 0 Å². The molecule has 0 aliphatic carbocycles. The number of aromatic nitrogens is 2. The van der Waals surface area contributed by atoms with Crippen molar-refractivity contribution in [2.24, 2.45) is 0 Å². The van der Waals surface area contributed by atoms with Gasteiger partial charge in [0.05, 0.1) is 9.50 Å². The summed E-state index contributed by atoms with van der Waals surface area (Å²) >= 11 is 18.2. The van der Waals surface area contributed by atoms with Gasteiger partial charge in [-0.3, -0.25) is 0 Å². The molecule has 0 atom stereocenters. The molecule has 2 rings (SSSR count). The largest absolute Gasteiger partial charge is 0.342 e. The number of nitrogens with zero attached hydrogens (tertiary/aromatic N) is 1. The Morgan fingerprint density at radius 2 is 2.00 bits per heavy atom. The van der Waals surface area contributed by atoms with Gasteiger partial charge in [0.2, 0.25) is 0 Å². The van der Waals surface area contributed by atoms with Crippen LogP contribution in [-0.2, 0) is 0 Å². The monoisotopic (exact) mass is 420 g/mol. The molecule has 0 aliphatic rings. The molecule has 0 amide bonds. The summed E-state index contributed by atoms with van der Waals surface area (Å²) in [4.78, 5) is 7.73. The fourth-order valence-electron chi connectivity index (χ4n) is 1.65. The molecule has 6 heteroatoms. The maximum absolute atomic E-state index is 6.00. The van der Waals surface area contributed by atoms with Crippen molar-refractivity contribution in [3.63, 3.8) is 0 Å². The van der Waals surface area contributed by atoms with Crippen molar-refractivity contribution in [3.8, 4) is 11.4 Å². The first-order valence-electron chi connectivity index (χ1n) is 5.65. The second-order valence-corrected chi connectivity index (χ2v) is 6.84. The van der Waals surface area contributed by atoms with Crippen LogP contribution in [-0.4, -0.2) is 9.97 Å². The summed E-state index contributed by atoms with van der Waals surface area (Å²) in [6.07, 6.45) is 0. The van der Waals surface area contributed by atoms with Crippen LogP contribution < -0.4 is 0 Å². The Bertz CT molecular complexity index is 683. The number of H-pyrrole nitrogens is 1. The number of hydrogen-bond donors (Lipinski definition) is 1. The minimum Gasteiger partial charge on any atom is -0.342 e. The Hall–Kier alpha value is -0.230. The number of hydrogen-bond acceptors (Lipinski definition) is 2. The van der Waals surface area contributed by atoms with Crippen LogP contribution >= 0.6 is 55.7 Å². The summed E-state index contributed by atoms with van der Waals surface area (Å²) in [5, 5.41) is 0.670. The molecule has 2 nitrogen and oxygen atoms in total. The predicted molar refractivity (Wildman–Crippen MR) is 89.4 cm³/mol. The molecule has 19 heavy (non-hydrogen) atoms. The lowest BCUT2D eigenvalue weighted by Crippen LogP contribution is -2.00. The van der Waals surface area contributed by atoms with Gasteiger partial charge in [0.1, 0.15) is 10.5 Å². The zero-order valence-electron chi connectivity index (χ0n) is 10.3. The Kier molecular flexibility index (Phi) is 4.82. The standard InChI is InChI=1S/C13H11Br2ClN2S/c1-6(2)11-10(15)13(19)18-12(17-11)7-3-4-9(16)8(14)5-7/h3-6H,1-2H3,(H,17,18,19). The van der Waals surface area contributed by atoms with Crippen LogP contribution in [0.1, 0.15) is 25.5 Å². The lowest BCUT2D eigenvalue weighted by molar-refractivity contribution is 0.807. The third-order valence-corrected chi connectivity index (χ3v) is 5.24. The highest BCUT2D eigenvalue weighted by Crippen LogP contribution is 2.30. The fourth-order valence-corrected chi connectivity index (χ4v) is 3.00. The van der Waals surface area contributed by atoms with Crippen molar-refractivity contribution in [2.75, 3.05) is 0 Å². The average molecular weight is 423 g/mol. The predicted octanol–water partition coefficient (Wildman–Crippen LogP) is 6.11. The molecule has 0 fully saturated rings. The van der Waals surface area contributed by atoms with E-state index in [1.54, 1.807) is 0 Å². The molecular formula is C13H11Br2ClN2S. The first-order valence-corrected chi connectivity index (χ1v) is 8.02. The molecule has 1 aromatic heterocycles. The highest BCUT2D eigenvalue weighted by molar-refractivity contribution is 9.10. The zero-order chi connectivity index (χ0) is 14.2. The first kappa shape index (κ1) is 15.2. The Labute approximate surface area is 138 Å². The van der Waals surface area contributed by atoms with Crippen LogP contribution in [0.4, 0.5) is 0 Å². The van der Waals surface area contributed by atoms with Crippen molar-refractivity contribution in [1.29, 1.82) is 0 Å². The minimum absolute atomic E-state index is 0.327. The van der Waals surface area contributed by atoms with E-state index in [0.717, 1.165) is 26.0 Å². The Morgan fingerprint density at radius 1 is 1.32 bits per heavy atom. The third kappa shape index (κ3) is 3.27. The van der Waals surface area contributed by atoms with Gasteiger partial charge in [-0.2, -0.15) is 0 Å². The summed E-state index contributed by atoms with van der Waals surface area (Å²) < 4.78 is 2.25. The van der Waals surface area contributed by atoms with Crippen LogP contribution in [0.5, 0.6) is 0 Å². The number of rotatable bonds is 2. The van der Waals surface area contributed by atoms with E-state index in [9.17, 15) is 0 Å². The second kappa shape index (κ2) is 6.04. The molecule has 0 spiro atoms. The first-order chi connectivity index (χ1) is 8.90. The quantitative estimate of drug-likeness (QED) is 0.592. The van der Waals surface area contributed by atoms with Gasteiger partial charge in [0, 0.05) is 15.7 Å².